The predicted molar refractivity (Wildman–Crippen MR) is 142 cm³/mol. The predicted octanol–water partition coefficient (Wildman–Crippen LogP) is 4.27. The number of thiophene rings is 1. The van der Waals surface area contributed by atoms with E-state index in [9.17, 15) is 9.59 Å². The fourth-order valence-corrected chi connectivity index (χ4v) is 5.20. The summed E-state index contributed by atoms with van der Waals surface area (Å²) in [4.78, 5) is 38.2. The molecule has 4 rings (SSSR count). The largest absolute Gasteiger partial charge is 0.450 e. The molecule has 1 aliphatic rings. The van der Waals surface area contributed by atoms with Crippen LogP contribution in [-0.4, -0.2) is 55.0 Å². The molecular weight excluding hydrogens is 498 g/mol. The zero-order chi connectivity index (χ0) is 25.7. The summed E-state index contributed by atoms with van der Waals surface area (Å²) < 4.78 is 11.3. The van der Waals surface area contributed by atoms with Crippen molar-refractivity contribution in [1.82, 2.24) is 9.97 Å². The molecule has 1 aliphatic heterocycles. The normalized spacial score (nSPS) is 15.2. The Bertz CT molecular complexity index is 1220. The molecule has 190 valence electrons. The minimum absolute atomic E-state index is 0.132. The standard InChI is InChI=1S/C25H29N5O4S2/c1-25(9-12-33-23(26)32,20-8-5-13-36-20)34-16-17-6-4-7-18(14-17)30-11-10-29(2)21-19(22(30)31)15-27-24(28-21)35-3/h4-8,13-15H,9-12,16H2,1-3H3,(H2,26,32). The number of carbonyl (C=O) groups is 2. The van der Waals surface area contributed by atoms with Crippen molar-refractivity contribution in [1.29, 1.82) is 0 Å². The van der Waals surface area contributed by atoms with Gasteiger partial charge in [0.25, 0.3) is 5.91 Å². The Kier molecular flexibility index (Phi) is 8.12. The van der Waals surface area contributed by atoms with E-state index in [0.717, 1.165) is 16.1 Å². The topological polar surface area (TPSA) is 111 Å². The molecule has 0 aliphatic carbocycles. The van der Waals surface area contributed by atoms with E-state index >= 15 is 0 Å². The minimum atomic E-state index is -0.805. The van der Waals surface area contributed by atoms with Crippen molar-refractivity contribution in [2.45, 2.75) is 30.7 Å². The molecule has 3 aromatic rings. The first-order chi connectivity index (χ1) is 17.3. The number of thioether (sulfide) groups is 1. The van der Waals surface area contributed by atoms with Crippen LogP contribution in [0.4, 0.5) is 16.3 Å². The highest BCUT2D eigenvalue weighted by Crippen LogP contribution is 2.34. The summed E-state index contributed by atoms with van der Waals surface area (Å²) >= 11 is 3.03. The lowest BCUT2D eigenvalue weighted by atomic mass is 10.0. The fourth-order valence-electron chi connectivity index (χ4n) is 4.00. The van der Waals surface area contributed by atoms with Crippen molar-refractivity contribution in [2.24, 2.45) is 5.73 Å². The highest BCUT2D eigenvalue weighted by Gasteiger charge is 2.30. The zero-order valence-electron chi connectivity index (χ0n) is 20.5. The Hall–Kier alpha value is -3.15. The van der Waals surface area contributed by atoms with E-state index in [0.29, 0.717) is 42.7 Å². The number of carbonyl (C=O) groups excluding carboxylic acids is 2. The van der Waals surface area contributed by atoms with E-state index in [4.69, 9.17) is 15.2 Å². The number of fused-ring (bicyclic) bond motifs is 1. The Labute approximate surface area is 218 Å². The lowest BCUT2D eigenvalue weighted by Gasteiger charge is -2.29. The molecule has 0 bridgehead atoms. The average molecular weight is 528 g/mol. The molecule has 1 unspecified atom stereocenters. The van der Waals surface area contributed by atoms with Gasteiger partial charge in [0.1, 0.15) is 17.0 Å². The summed E-state index contributed by atoms with van der Waals surface area (Å²) in [6.45, 7) is 3.60. The maximum atomic E-state index is 13.5. The first-order valence-electron chi connectivity index (χ1n) is 11.4. The number of ether oxygens (including phenoxy) is 2. The van der Waals surface area contributed by atoms with Gasteiger partial charge in [-0.2, -0.15) is 0 Å². The maximum Gasteiger partial charge on any atom is 0.404 e. The monoisotopic (exact) mass is 527 g/mol. The van der Waals surface area contributed by atoms with Crippen molar-refractivity contribution < 1.29 is 19.1 Å². The summed E-state index contributed by atoms with van der Waals surface area (Å²) in [7, 11) is 1.93. The molecule has 2 aromatic heterocycles. The van der Waals surface area contributed by atoms with Crippen LogP contribution in [0.25, 0.3) is 0 Å². The number of aromatic nitrogens is 2. The van der Waals surface area contributed by atoms with E-state index in [-0.39, 0.29) is 12.5 Å². The third-order valence-corrected chi connectivity index (χ3v) is 7.75. The van der Waals surface area contributed by atoms with Gasteiger partial charge >= 0.3 is 6.09 Å². The highest BCUT2D eigenvalue weighted by atomic mass is 32.2. The molecule has 0 radical (unpaired) electrons. The molecule has 0 saturated heterocycles. The number of benzene rings is 1. The molecule has 0 saturated carbocycles. The summed E-state index contributed by atoms with van der Waals surface area (Å²) in [5.41, 5.74) is 6.65. The van der Waals surface area contributed by atoms with Gasteiger partial charge < -0.3 is 25.0 Å². The van der Waals surface area contributed by atoms with Gasteiger partial charge in [0.05, 0.1) is 13.2 Å². The second kappa shape index (κ2) is 11.3. The molecular formula is C25H29N5O4S2. The van der Waals surface area contributed by atoms with Gasteiger partial charge in [0.2, 0.25) is 0 Å². The van der Waals surface area contributed by atoms with Gasteiger partial charge in [-0.15, -0.1) is 11.3 Å². The summed E-state index contributed by atoms with van der Waals surface area (Å²) in [5.74, 6) is 0.512. The van der Waals surface area contributed by atoms with Crippen molar-refractivity contribution in [3.8, 4) is 0 Å². The summed E-state index contributed by atoms with van der Waals surface area (Å²) in [5, 5.41) is 2.62. The number of anilines is 2. The van der Waals surface area contributed by atoms with Gasteiger partial charge in [-0.1, -0.05) is 30.0 Å². The van der Waals surface area contributed by atoms with Gasteiger partial charge in [0.15, 0.2) is 5.16 Å². The van der Waals surface area contributed by atoms with E-state index in [1.807, 2.05) is 66.9 Å². The van der Waals surface area contributed by atoms with Gasteiger partial charge in [-0.3, -0.25) is 4.79 Å². The second-order valence-corrected chi connectivity index (χ2v) is 10.3. The maximum absolute atomic E-state index is 13.5. The summed E-state index contributed by atoms with van der Waals surface area (Å²) in [6, 6.07) is 11.7. The van der Waals surface area contributed by atoms with Crippen molar-refractivity contribution >= 4 is 46.6 Å². The Morgan fingerprint density at radius 3 is 2.83 bits per heavy atom. The van der Waals surface area contributed by atoms with Crippen LogP contribution < -0.4 is 15.5 Å². The third kappa shape index (κ3) is 5.80. The molecule has 36 heavy (non-hydrogen) atoms. The molecule has 9 nitrogen and oxygen atoms in total. The molecule has 2 N–H and O–H groups in total. The molecule has 11 heteroatoms. The number of likely N-dealkylation sites (N-methyl/N-ethyl adjacent to an activating group) is 1. The third-order valence-electron chi connectivity index (χ3n) is 6.07. The molecule has 0 spiro atoms. The van der Waals surface area contributed by atoms with Crippen LogP contribution >= 0.6 is 23.1 Å². The lowest BCUT2D eigenvalue weighted by Crippen LogP contribution is -2.33. The van der Waals surface area contributed by atoms with Crippen LogP contribution in [-0.2, 0) is 21.7 Å². The van der Waals surface area contributed by atoms with Crippen LogP contribution in [0.1, 0.15) is 34.1 Å². The number of primary amides is 1. The minimum Gasteiger partial charge on any atom is -0.450 e. The number of hydrogen-bond acceptors (Lipinski definition) is 9. The van der Waals surface area contributed by atoms with Crippen LogP contribution in [0.2, 0.25) is 0 Å². The van der Waals surface area contributed by atoms with Crippen LogP contribution in [0.3, 0.4) is 0 Å². The Morgan fingerprint density at radius 1 is 1.28 bits per heavy atom. The number of hydrogen-bond donors (Lipinski definition) is 1. The van der Waals surface area contributed by atoms with E-state index < -0.39 is 11.7 Å². The number of amides is 2. The van der Waals surface area contributed by atoms with Crippen LogP contribution in [0, 0.1) is 0 Å². The van der Waals surface area contributed by atoms with E-state index in [1.54, 1.807) is 22.4 Å². The fraction of sp³-hybridized carbons (Fsp3) is 0.360. The number of rotatable bonds is 9. The number of nitrogens with zero attached hydrogens (tertiary/aromatic N) is 4. The van der Waals surface area contributed by atoms with Crippen LogP contribution in [0.15, 0.2) is 53.1 Å². The average Bonchev–Trinajstić information content (AvgIpc) is 3.39. The van der Waals surface area contributed by atoms with Gasteiger partial charge in [0, 0.05) is 43.3 Å². The van der Waals surface area contributed by atoms with Crippen molar-refractivity contribution in [3.05, 3.63) is 64.0 Å². The molecule has 0 fully saturated rings. The molecule has 1 atom stereocenters. The molecule has 2 amide bonds. The van der Waals surface area contributed by atoms with E-state index in [2.05, 4.69) is 9.97 Å². The highest BCUT2D eigenvalue weighted by molar-refractivity contribution is 7.98. The van der Waals surface area contributed by atoms with Crippen molar-refractivity contribution in [2.75, 3.05) is 42.8 Å². The second-order valence-electron chi connectivity index (χ2n) is 8.56. The Morgan fingerprint density at radius 2 is 2.11 bits per heavy atom. The Balaban J connectivity index is 1.53. The number of nitrogens with two attached hydrogens (primary N) is 1. The first kappa shape index (κ1) is 25.9. The molecule has 3 heterocycles. The molecule has 1 aromatic carbocycles. The van der Waals surface area contributed by atoms with Crippen LogP contribution in [0.5, 0.6) is 0 Å². The van der Waals surface area contributed by atoms with Crippen molar-refractivity contribution in [3.63, 3.8) is 0 Å². The smallest absolute Gasteiger partial charge is 0.404 e. The van der Waals surface area contributed by atoms with Gasteiger partial charge in [-0.05, 0) is 42.3 Å². The summed E-state index contributed by atoms with van der Waals surface area (Å²) in [6.07, 6.45) is 3.18. The lowest BCUT2D eigenvalue weighted by molar-refractivity contribution is -0.0604. The quantitative estimate of drug-likeness (QED) is 0.324. The zero-order valence-corrected chi connectivity index (χ0v) is 22.1. The van der Waals surface area contributed by atoms with E-state index in [1.165, 1.54) is 11.8 Å². The first-order valence-corrected chi connectivity index (χ1v) is 13.5. The SMILES string of the molecule is CSc1ncc2c(n1)N(C)CCN(c1cccc(COC(C)(CCOC(N)=O)c3cccs3)c1)C2=O. The van der Waals surface area contributed by atoms with Gasteiger partial charge in [-0.25, -0.2) is 14.8 Å².